The zero-order chi connectivity index (χ0) is 14.5. The number of carboxylic acids is 1. The number of aliphatic carboxylic acids is 1. The molecule has 0 amide bonds. The quantitative estimate of drug-likeness (QED) is 0.674. The van der Waals surface area contributed by atoms with Gasteiger partial charge < -0.3 is 20.1 Å². The molecule has 0 aliphatic heterocycles. The van der Waals surface area contributed by atoms with Crippen molar-refractivity contribution in [1.29, 1.82) is 0 Å². The van der Waals surface area contributed by atoms with Crippen molar-refractivity contribution in [1.82, 2.24) is 15.3 Å². The van der Waals surface area contributed by atoms with Crippen LogP contribution in [0, 0.1) is 0 Å². The topological polar surface area (TPSA) is 87.2 Å². The normalized spacial score (nSPS) is 12.5. The predicted octanol–water partition coefficient (Wildman–Crippen LogP) is 1.73. The molecule has 1 aromatic heterocycles. The van der Waals surface area contributed by atoms with E-state index >= 15 is 0 Å². The molecule has 0 radical (unpaired) electrons. The lowest BCUT2D eigenvalue weighted by atomic mass is 10.3. The zero-order valence-corrected chi connectivity index (χ0v) is 12.2. The van der Waals surface area contributed by atoms with Crippen LogP contribution in [0.5, 0.6) is 5.75 Å². The predicted molar refractivity (Wildman–Crippen MR) is 78.5 cm³/mol. The van der Waals surface area contributed by atoms with E-state index in [1.807, 2.05) is 25.1 Å². The molecule has 1 atom stereocenters. The monoisotopic (exact) mass is 295 g/mol. The zero-order valence-electron chi connectivity index (χ0n) is 11.3. The smallest absolute Gasteiger partial charge is 0.321 e. The van der Waals surface area contributed by atoms with Crippen LogP contribution < -0.4 is 10.1 Å². The number of nitrogens with zero attached hydrogens (tertiary/aromatic N) is 1. The first-order valence-electron chi connectivity index (χ1n) is 6.29. The Morgan fingerprint density at radius 3 is 3.05 bits per heavy atom. The molecule has 20 heavy (non-hydrogen) atoms. The summed E-state index contributed by atoms with van der Waals surface area (Å²) in [6.45, 7) is 2.55. The number of benzene rings is 1. The van der Waals surface area contributed by atoms with E-state index in [4.69, 9.17) is 9.84 Å². The summed E-state index contributed by atoms with van der Waals surface area (Å²) in [6, 6.07) is 5.05. The van der Waals surface area contributed by atoms with Gasteiger partial charge in [0.05, 0.1) is 17.6 Å². The number of ether oxygens (including phenoxy) is 1. The minimum absolute atomic E-state index is 0.407. The van der Waals surface area contributed by atoms with Crippen molar-refractivity contribution in [3.63, 3.8) is 0 Å². The molecule has 0 aliphatic rings. The van der Waals surface area contributed by atoms with Gasteiger partial charge in [0.25, 0.3) is 0 Å². The second-order valence-electron chi connectivity index (χ2n) is 4.14. The summed E-state index contributed by atoms with van der Waals surface area (Å²) in [5, 5.41) is 12.4. The van der Waals surface area contributed by atoms with Crippen LogP contribution in [0.3, 0.4) is 0 Å². The van der Waals surface area contributed by atoms with Gasteiger partial charge in [-0.15, -0.1) is 0 Å². The number of nitrogens with one attached hydrogen (secondary N) is 2. The van der Waals surface area contributed by atoms with Gasteiger partial charge in [0.2, 0.25) is 0 Å². The number of carbonyl (C=O) groups is 1. The number of H-pyrrole nitrogens is 1. The molecule has 1 unspecified atom stereocenters. The number of aromatic nitrogens is 2. The Balaban J connectivity index is 2.09. The van der Waals surface area contributed by atoms with Crippen molar-refractivity contribution in [3.8, 4) is 5.75 Å². The molecule has 1 heterocycles. The summed E-state index contributed by atoms with van der Waals surface area (Å²) in [6.07, 6.45) is 0. The molecule has 0 aliphatic carbocycles. The Morgan fingerprint density at radius 2 is 2.40 bits per heavy atom. The van der Waals surface area contributed by atoms with Crippen LogP contribution in [0.25, 0.3) is 11.0 Å². The van der Waals surface area contributed by atoms with E-state index in [0.29, 0.717) is 17.5 Å². The van der Waals surface area contributed by atoms with E-state index in [9.17, 15) is 4.79 Å². The Labute approximate surface area is 120 Å². The summed E-state index contributed by atoms with van der Waals surface area (Å²) < 4.78 is 5.43. The number of thioether (sulfide) groups is 1. The number of hydrogen-bond donors (Lipinski definition) is 3. The van der Waals surface area contributed by atoms with Crippen LogP contribution in [0.1, 0.15) is 6.92 Å². The van der Waals surface area contributed by atoms with Gasteiger partial charge in [0, 0.05) is 11.8 Å². The van der Waals surface area contributed by atoms with Crippen molar-refractivity contribution in [2.24, 2.45) is 0 Å². The van der Waals surface area contributed by atoms with Crippen LogP contribution in [0.15, 0.2) is 23.4 Å². The lowest BCUT2D eigenvalue weighted by molar-refractivity contribution is -0.138. The van der Waals surface area contributed by atoms with Crippen LogP contribution >= 0.6 is 11.8 Å². The summed E-state index contributed by atoms with van der Waals surface area (Å²) >= 11 is 1.38. The minimum Gasteiger partial charge on any atom is -0.494 e. The Hall–Kier alpha value is -1.73. The maximum atomic E-state index is 10.9. The maximum Gasteiger partial charge on any atom is 0.321 e. The summed E-state index contributed by atoms with van der Waals surface area (Å²) in [5.41, 5.74) is 1.72. The van der Waals surface area contributed by atoms with Crippen molar-refractivity contribution in [3.05, 3.63) is 18.2 Å². The molecule has 0 saturated carbocycles. The van der Waals surface area contributed by atoms with E-state index in [1.54, 1.807) is 7.05 Å². The van der Waals surface area contributed by atoms with E-state index < -0.39 is 12.0 Å². The van der Waals surface area contributed by atoms with Gasteiger partial charge in [-0.1, -0.05) is 11.8 Å². The largest absolute Gasteiger partial charge is 0.494 e. The summed E-state index contributed by atoms with van der Waals surface area (Å²) in [5.74, 6) is 0.331. The van der Waals surface area contributed by atoms with Gasteiger partial charge in [-0.25, -0.2) is 4.98 Å². The fraction of sp³-hybridized carbons (Fsp3) is 0.385. The number of rotatable bonds is 7. The minimum atomic E-state index is -0.866. The molecule has 0 saturated heterocycles. The molecular formula is C13H17N3O3S. The first-order chi connectivity index (χ1) is 9.63. The van der Waals surface area contributed by atoms with Gasteiger partial charge in [-0.3, -0.25) is 4.79 Å². The van der Waals surface area contributed by atoms with E-state index in [0.717, 1.165) is 16.8 Å². The first-order valence-corrected chi connectivity index (χ1v) is 7.28. The molecule has 7 heteroatoms. The lowest BCUT2D eigenvalue weighted by Crippen LogP contribution is -2.35. The van der Waals surface area contributed by atoms with Crippen LogP contribution in [-0.4, -0.2) is 46.5 Å². The molecule has 0 fully saturated rings. The third-order valence-corrected chi connectivity index (χ3v) is 3.74. The Bertz CT molecular complexity index is 600. The maximum absolute atomic E-state index is 10.9. The van der Waals surface area contributed by atoms with E-state index in [-0.39, 0.29) is 0 Å². The van der Waals surface area contributed by atoms with Crippen LogP contribution in [0.4, 0.5) is 0 Å². The SMILES string of the molecule is CCOc1ccc2nc(SCC(NC)C(=O)O)[nH]c2c1. The van der Waals surface area contributed by atoms with Gasteiger partial charge in [0.15, 0.2) is 5.16 Å². The van der Waals surface area contributed by atoms with Gasteiger partial charge in [0.1, 0.15) is 11.8 Å². The molecule has 108 valence electrons. The molecule has 2 rings (SSSR count). The van der Waals surface area contributed by atoms with E-state index in [2.05, 4.69) is 15.3 Å². The van der Waals surface area contributed by atoms with Crippen LogP contribution in [-0.2, 0) is 4.79 Å². The number of aromatic amines is 1. The fourth-order valence-electron chi connectivity index (χ4n) is 1.73. The highest BCUT2D eigenvalue weighted by molar-refractivity contribution is 7.99. The highest BCUT2D eigenvalue weighted by Gasteiger charge is 2.16. The van der Waals surface area contributed by atoms with E-state index in [1.165, 1.54) is 11.8 Å². The number of imidazole rings is 1. The average molecular weight is 295 g/mol. The summed E-state index contributed by atoms with van der Waals surface area (Å²) in [4.78, 5) is 18.5. The highest BCUT2D eigenvalue weighted by Crippen LogP contribution is 2.23. The Morgan fingerprint density at radius 1 is 1.60 bits per heavy atom. The van der Waals surface area contributed by atoms with Crippen LogP contribution in [0.2, 0.25) is 0 Å². The van der Waals surface area contributed by atoms with Gasteiger partial charge in [-0.2, -0.15) is 0 Å². The molecule has 3 N–H and O–H groups in total. The molecule has 1 aromatic carbocycles. The van der Waals surface area contributed by atoms with Gasteiger partial charge in [-0.05, 0) is 26.1 Å². The number of hydrogen-bond acceptors (Lipinski definition) is 5. The van der Waals surface area contributed by atoms with Crippen molar-refractivity contribution >= 4 is 28.8 Å². The second-order valence-corrected chi connectivity index (χ2v) is 5.15. The summed E-state index contributed by atoms with van der Waals surface area (Å²) in [7, 11) is 1.63. The third-order valence-electron chi connectivity index (χ3n) is 2.78. The van der Waals surface area contributed by atoms with Crippen molar-refractivity contribution in [2.75, 3.05) is 19.4 Å². The highest BCUT2D eigenvalue weighted by atomic mass is 32.2. The third kappa shape index (κ3) is 3.43. The number of fused-ring (bicyclic) bond motifs is 1. The molecule has 6 nitrogen and oxygen atoms in total. The first kappa shape index (κ1) is 14.7. The standard InChI is InChI=1S/C13H17N3O3S/c1-3-19-8-4-5-9-10(6-8)16-13(15-9)20-7-11(14-2)12(17)18/h4-6,11,14H,3,7H2,1-2H3,(H,15,16)(H,17,18). The molecular weight excluding hydrogens is 278 g/mol. The molecule has 0 spiro atoms. The number of likely N-dealkylation sites (N-methyl/N-ethyl adjacent to an activating group) is 1. The molecule has 0 bridgehead atoms. The van der Waals surface area contributed by atoms with Crippen molar-refractivity contribution in [2.45, 2.75) is 18.1 Å². The Kier molecular flexibility index (Phi) is 4.86. The average Bonchev–Trinajstić information content (AvgIpc) is 2.81. The van der Waals surface area contributed by atoms with Crippen molar-refractivity contribution < 1.29 is 14.6 Å². The lowest BCUT2D eigenvalue weighted by Gasteiger charge is -2.08. The fourth-order valence-corrected chi connectivity index (χ4v) is 2.71. The van der Waals surface area contributed by atoms with Gasteiger partial charge >= 0.3 is 5.97 Å². The second kappa shape index (κ2) is 6.62. The number of carboxylic acid groups (broad SMARTS) is 1. The molecule has 2 aromatic rings.